The lowest BCUT2D eigenvalue weighted by Crippen LogP contribution is -2.01. The quantitative estimate of drug-likeness (QED) is 0.667. The molecule has 0 saturated heterocycles. The molecule has 1 aliphatic carbocycles. The van der Waals surface area contributed by atoms with Gasteiger partial charge in [0, 0.05) is 4.47 Å². The lowest BCUT2D eigenvalue weighted by Gasteiger charge is -2.18. The van der Waals surface area contributed by atoms with E-state index in [2.05, 4.69) is 42.8 Å². The first-order valence-corrected chi connectivity index (χ1v) is 6.65. The largest absolute Gasteiger partial charge is 0.118 e. The van der Waals surface area contributed by atoms with Gasteiger partial charge in [-0.2, -0.15) is 0 Å². The Morgan fingerprint density at radius 1 is 1.27 bits per heavy atom. The van der Waals surface area contributed by atoms with Gasteiger partial charge < -0.3 is 0 Å². The summed E-state index contributed by atoms with van der Waals surface area (Å²) in [5.74, 6) is 0.707. The molecule has 0 spiro atoms. The number of hydrogen-bond acceptors (Lipinski definition) is 0. The highest BCUT2D eigenvalue weighted by Gasteiger charge is 2.32. The lowest BCUT2D eigenvalue weighted by atomic mass is 9.95. The SMILES string of the molecule is Cc1cc(C)c(C(Cl)C2CC2)c(C)c1Br. The molecular formula is C13H16BrCl. The molecule has 0 aliphatic heterocycles. The summed E-state index contributed by atoms with van der Waals surface area (Å²) in [6.45, 7) is 6.46. The van der Waals surface area contributed by atoms with Gasteiger partial charge in [-0.05, 0) is 61.8 Å². The molecule has 0 bridgehead atoms. The second-order valence-electron chi connectivity index (χ2n) is 4.60. The zero-order valence-electron chi connectivity index (χ0n) is 9.40. The van der Waals surface area contributed by atoms with Crippen molar-refractivity contribution >= 4 is 27.5 Å². The topological polar surface area (TPSA) is 0 Å². The molecule has 2 heteroatoms. The summed E-state index contributed by atoms with van der Waals surface area (Å²) in [5, 5.41) is 0.210. The Labute approximate surface area is 105 Å². The molecule has 1 atom stereocenters. The highest BCUT2D eigenvalue weighted by molar-refractivity contribution is 9.10. The Morgan fingerprint density at radius 2 is 1.87 bits per heavy atom. The van der Waals surface area contributed by atoms with Crippen LogP contribution in [0.1, 0.15) is 40.5 Å². The van der Waals surface area contributed by atoms with Crippen LogP contribution in [0.2, 0.25) is 0 Å². The van der Waals surface area contributed by atoms with Crippen molar-refractivity contribution in [3.8, 4) is 0 Å². The van der Waals surface area contributed by atoms with Crippen molar-refractivity contribution in [1.82, 2.24) is 0 Å². The first kappa shape index (κ1) is 11.5. The van der Waals surface area contributed by atoms with Crippen LogP contribution >= 0.6 is 27.5 Å². The molecule has 1 aliphatic rings. The van der Waals surface area contributed by atoms with E-state index in [4.69, 9.17) is 11.6 Å². The predicted molar refractivity (Wildman–Crippen MR) is 69.7 cm³/mol. The van der Waals surface area contributed by atoms with Crippen molar-refractivity contribution in [2.45, 2.75) is 39.0 Å². The molecule has 0 heterocycles. The molecule has 0 N–H and O–H groups in total. The van der Waals surface area contributed by atoms with Gasteiger partial charge in [0.05, 0.1) is 5.38 Å². The van der Waals surface area contributed by atoms with Gasteiger partial charge in [-0.3, -0.25) is 0 Å². The van der Waals surface area contributed by atoms with Crippen LogP contribution in [0.5, 0.6) is 0 Å². The standard InChI is InChI=1S/C13H16BrCl/c1-7-6-8(2)12(14)9(3)11(7)13(15)10-4-5-10/h6,10,13H,4-5H2,1-3H3. The number of alkyl halides is 1. The summed E-state index contributed by atoms with van der Waals surface area (Å²) in [4.78, 5) is 0. The van der Waals surface area contributed by atoms with Crippen LogP contribution in [0.3, 0.4) is 0 Å². The van der Waals surface area contributed by atoms with Crippen LogP contribution in [0.25, 0.3) is 0 Å². The van der Waals surface area contributed by atoms with Crippen LogP contribution in [0, 0.1) is 26.7 Å². The van der Waals surface area contributed by atoms with Gasteiger partial charge in [0.25, 0.3) is 0 Å². The number of hydrogen-bond donors (Lipinski definition) is 0. The molecule has 1 saturated carbocycles. The molecule has 0 radical (unpaired) electrons. The number of halogens is 2. The minimum Gasteiger partial charge on any atom is -0.118 e. The minimum atomic E-state index is 0.210. The lowest BCUT2D eigenvalue weighted by molar-refractivity contribution is 0.784. The third kappa shape index (κ3) is 2.09. The Bertz CT molecular complexity index is 394. The van der Waals surface area contributed by atoms with Gasteiger partial charge in [-0.25, -0.2) is 0 Å². The van der Waals surface area contributed by atoms with Crippen LogP contribution in [0.4, 0.5) is 0 Å². The smallest absolute Gasteiger partial charge is 0.0618 e. The fourth-order valence-electron chi connectivity index (χ4n) is 2.22. The van der Waals surface area contributed by atoms with E-state index in [0.717, 1.165) is 0 Å². The maximum atomic E-state index is 6.52. The number of aryl methyl sites for hydroxylation is 2. The molecule has 0 nitrogen and oxygen atoms in total. The van der Waals surface area contributed by atoms with Gasteiger partial charge in [0.2, 0.25) is 0 Å². The van der Waals surface area contributed by atoms with E-state index < -0.39 is 0 Å². The van der Waals surface area contributed by atoms with E-state index in [9.17, 15) is 0 Å². The normalized spacial score (nSPS) is 17.9. The summed E-state index contributed by atoms with van der Waals surface area (Å²) in [5.41, 5.74) is 5.30. The van der Waals surface area contributed by atoms with Gasteiger partial charge in [-0.1, -0.05) is 22.0 Å². The zero-order valence-corrected chi connectivity index (χ0v) is 11.7. The Morgan fingerprint density at radius 3 is 2.40 bits per heavy atom. The Kier molecular flexibility index (Phi) is 3.14. The first-order valence-electron chi connectivity index (χ1n) is 5.42. The second kappa shape index (κ2) is 4.10. The summed E-state index contributed by atoms with van der Waals surface area (Å²) in [7, 11) is 0. The molecule has 0 amide bonds. The maximum Gasteiger partial charge on any atom is 0.0618 e. The summed E-state index contributed by atoms with van der Waals surface area (Å²) in [6.07, 6.45) is 2.58. The fourth-order valence-corrected chi connectivity index (χ4v) is 3.14. The molecule has 1 unspecified atom stereocenters. The summed E-state index contributed by atoms with van der Waals surface area (Å²) in [6, 6.07) is 2.23. The number of benzene rings is 1. The predicted octanol–water partition coefficient (Wildman–Crippen LogP) is 5.06. The van der Waals surface area contributed by atoms with E-state index in [1.54, 1.807) is 0 Å². The van der Waals surface area contributed by atoms with E-state index in [-0.39, 0.29) is 5.38 Å². The molecular weight excluding hydrogens is 272 g/mol. The van der Waals surface area contributed by atoms with Crippen LogP contribution in [-0.2, 0) is 0 Å². The monoisotopic (exact) mass is 286 g/mol. The van der Waals surface area contributed by atoms with Crippen molar-refractivity contribution in [2.75, 3.05) is 0 Å². The number of rotatable bonds is 2. The highest BCUT2D eigenvalue weighted by atomic mass is 79.9. The van der Waals surface area contributed by atoms with Gasteiger partial charge in [0.15, 0.2) is 0 Å². The Hall–Kier alpha value is -0.0100. The Balaban J connectivity index is 2.49. The molecule has 82 valence electrons. The fraction of sp³-hybridized carbons (Fsp3) is 0.538. The van der Waals surface area contributed by atoms with E-state index >= 15 is 0 Å². The zero-order chi connectivity index (χ0) is 11.2. The van der Waals surface area contributed by atoms with E-state index in [1.807, 2.05) is 0 Å². The van der Waals surface area contributed by atoms with E-state index in [1.165, 1.54) is 39.6 Å². The van der Waals surface area contributed by atoms with Gasteiger partial charge >= 0.3 is 0 Å². The van der Waals surface area contributed by atoms with Crippen molar-refractivity contribution in [3.05, 3.63) is 32.8 Å². The minimum absolute atomic E-state index is 0.210. The van der Waals surface area contributed by atoms with Crippen molar-refractivity contribution in [1.29, 1.82) is 0 Å². The second-order valence-corrected chi connectivity index (χ2v) is 5.87. The molecule has 2 rings (SSSR count). The summed E-state index contributed by atoms with van der Waals surface area (Å²) < 4.78 is 1.22. The van der Waals surface area contributed by atoms with Crippen LogP contribution < -0.4 is 0 Å². The molecule has 15 heavy (non-hydrogen) atoms. The van der Waals surface area contributed by atoms with Gasteiger partial charge in [-0.15, -0.1) is 11.6 Å². The van der Waals surface area contributed by atoms with Crippen LogP contribution in [0.15, 0.2) is 10.5 Å². The van der Waals surface area contributed by atoms with Crippen molar-refractivity contribution in [2.24, 2.45) is 5.92 Å². The summed E-state index contributed by atoms with van der Waals surface area (Å²) >= 11 is 10.2. The van der Waals surface area contributed by atoms with Crippen LogP contribution in [-0.4, -0.2) is 0 Å². The van der Waals surface area contributed by atoms with E-state index in [0.29, 0.717) is 5.92 Å². The van der Waals surface area contributed by atoms with Gasteiger partial charge in [0.1, 0.15) is 0 Å². The third-order valence-corrected chi connectivity index (χ3v) is 5.04. The molecule has 1 fully saturated rings. The van der Waals surface area contributed by atoms with Crippen molar-refractivity contribution < 1.29 is 0 Å². The first-order chi connectivity index (χ1) is 7.02. The molecule has 1 aromatic carbocycles. The molecule has 1 aromatic rings. The van der Waals surface area contributed by atoms with Crippen molar-refractivity contribution in [3.63, 3.8) is 0 Å². The third-order valence-electron chi connectivity index (χ3n) is 3.25. The molecule has 0 aromatic heterocycles. The average molecular weight is 288 g/mol. The maximum absolute atomic E-state index is 6.52. The highest BCUT2D eigenvalue weighted by Crippen LogP contribution is 2.47. The average Bonchev–Trinajstić information content (AvgIpc) is 2.97.